The van der Waals surface area contributed by atoms with E-state index in [9.17, 15) is 4.39 Å². The molecule has 0 spiro atoms. The highest BCUT2D eigenvalue weighted by Gasteiger charge is 2.25. The molecular weight excluding hydrogens is 348 g/mol. The van der Waals surface area contributed by atoms with Gasteiger partial charge in [0.05, 0.1) is 0 Å². The number of benzene rings is 3. The Morgan fingerprint density at radius 2 is 1.62 bits per heavy atom. The van der Waals surface area contributed by atoms with Crippen LogP contribution in [0.15, 0.2) is 85.1 Å². The molecular formula is C21H14BClFNO. The summed E-state index contributed by atoms with van der Waals surface area (Å²) < 4.78 is 19.7. The van der Waals surface area contributed by atoms with Crippen LogP contribution in [0.1, 0.15) is 0 Å². The minimum atomic E-state index is -0.429. The predicted octanol–water partition coefficient (Wildman–Crippen LogP) is 4.21. The van der Waals surface area contributed by atoms with Gasteiger partial charge in [0, 0.05) is 16.6 Å². The van der Waals surface area contributed by atoms with Crippen molar-refractivity contribution >= 4 is 40.3 Å². The zero-order valence-electron chi connectivity index (χ0n) is 13.8. The van der Waals surface area contributed by atoms with Crippen molar-refractivity contribution in [3.05, 3.63) is 95.9 Å². The zero-order chi connectivity index (χ0) is 17.9. The molecule has 5 heteroatoms. The quantitative estimate of drug-likeness (QED) is 0.508. The fourth-order valence-electron chi connectivity index (χ4n) is 2.93. The van der Waals surface area contributed by atoms with E-state index in [2.05, 4.69) is 4.98 Å². The molecule has 0 N–H and O–H groups in total. The molecule has 1 aromatic heterocycles. The monoisotopic (exact) mass is 361 g/mol. The first-order valence-corrected chi connectivity index (χ1v) is 8.60. The first kappa shape index (κ1) is 16.6. The van der Waals surface area contributed by atoms with Gasteiger partial charge in [-0.05, 0) is 47.3 Å². The third-order valence-electron chi connectivity index (χ3n) is 4.16. The number of hydrogen-bond acceptors (Lipinski definition) is 2. The summed E-state index contributed by atoms with van der Waals surface area (Å²) in [5, 5.41) is 1.61. The van der Waals surface area contributed by atoms with Crippen LogP contribution in [-0.2, 0) is 0 Å². The van der Waals surface area contributed by atoms with Crippen LogP contribution in [0.4, 0.5) is 4.39 Å². The Kier molecular flexibility index (Phi) is 4.59. The summed E-state index contributed by atoms with van der Waals surface area (Å²) in [6, 6.07) is 23.5. The summed E-state index contributed by atoms with van der Waals surface area (Å²) in [5.41, 5.74) is 2.50. The minimum Gasteiger partial charge on any atom is -0.550 e. The molecule has 126 valence electrons. The molecule has 0 atom stereocenters. The van der Waals surface area contributed by atoms with E-state index in [1.165, 1.54) is 12.1 Å². The maximum Gasteiger partial charge on any atom is 0.426 e. The van der Waals surface area contributed by atoms with Gasteiger partial charge in [0.25, 0.3) is 0 Å². The Labute approximate surface area is 156 Å². The lowest BCUT2D eigenvalue weighted by Gasteiger charge is -2.18. The van der Waals surface area contributed by atoms with E-state index >= 15 is 0 Å². The van der Waals surface area contributed by atoms with Crippen LogP contribution in [-0.4, -0.2) is 11.9 Å². The fraction of sp³-hybridized carbons (Fsp3) is 0. The zero-order valence-corrected chi connectivity index (χ0v) is 14.5. The average molecular weight is 362 g/mol. The van der Waals surface area contributed by atoms with E-state index in [1.807, 2.05) is 54.6 Å². The lowest BCUT2D eigenvalue weighted by Crippen LogP contribution is -2.47. The number of aromatic nitrogens is 1. The first-order chi connectivity index (χ1) is 12.7. The first-order valence-electron chi connectivity index (χ1n) is 8.22. The van der Waals surface area contributed by atoms with Gasteiger partial charge < -0.3 is 4.65 Å². The second-order valence-electron chi connectivity index (χ2n) is 5.94. The second-order valence-corrected chi connectivity index (χ2v) is 6.37. The summed E-state index contributed by atoms with van der Waals surface area (Å²) in [5.74, 6) is 0.378. The van der Waals surface area contributed by atoms with Crippen molar-refractivity contribution in [1.82, 2.24) is 4.98 Å². The highest BCUT2D eigenvalue weighted by Crippen LogP contribution is 2.23. The van der Waals surface area contributed by atoms with E-state index < -0.39 is 6.92 Å². The van der Waals surface area contributed by atoms with Crippen molar-refractivity contribution in [3.8, 4) is 5.75 Å². The van der Waals surface area contributed by atoms with Crippen LogP contribution in [0.5, 0.6) is 5.75 Å². The molecule has 4 aromatic rings. The van der Waals surface area contributed by atoms with Gasteiger partial charge in [-0.25, -0.2) is 4.39 Å². The molecule has 0 unspecified atom stereocenters. The Morgan fingerprint density at radius 1 is 0.846 bits per heavy atom. The maximum absolute atomic E-state index is 13.4. The molecule has 3 aromatic carbocycles. The number of rotatable bonds is 4. The summed E-state index contributed by atoms with van der Waals surface area (Å²) >= 11 is 6.17. The standard InChI is InChI=1S/C21H14BClFNO/c23-18-7-2-6-17(14-18)22(16-9-11-19(24)12-10-16)26-20-8-1-4-15-5-3-13-25-21(15)20/h1-14H. The smallest absolute Gasteiger partial charge is 0.426 e. The van der Waals surface area contributed by atoms with E-state index in [0.29, 0.717) is 10.8 Å². The number of pyridine rings is 1. The normalized spacial score (nSPS) is 10.7. The number of para-hydroxylation sites is 1. The van der Waals surface area contributed by atoms with Crippen molar-refractivity contribution in [2.45, 2.75) is 0 Å². The molecule has 26 heavy (non-hydrogen) atoms. The summed E-state index contributed by atoms with van der Waals surface area (Å²) in [6.07, 6.45) is 1.74. The van der Waals surface area contributed by atoms with Gasteiger partial charge >= 0.3 is 6.92 Å². The topological polar surface area (TPSA) is 22.1 Å². The Hall–Kier alpha value is -2.85. The summed E-state index contributed by atoms with van der Waals surface area (Å²) in [4.78, 5) is 4.44. The van der Waals surface area contributed by atoms with Crippen LogP contribution in [0.25, 0.3) is 10.9 Å². The van der Waals surface area contributed by atoms with Gasteiger partial charge in [-0.15, -0.1) is 0 Å². The van der Waals surface area contributed by atoms with Crippen molar-refractivity contribution in [3.63, 3.8) is 0 Å². The van der Waals surface area contributed by atoms with E-state index in [1.54, 1.807) is 18.3 Å². The van der Waals surface area contributed by atoms with E-state index in [0.717, 1.165) is 21.8 Å². The molecule has 2 nitrogen and oxygen atoms in total. The molecule has 0 amide bonds. The molecule has 1 heterocycles. The largest absolute Gasteiger partial charge is 0.550 e. The third-order valence-corrected chi connectivity index (χ3v) is 4.40. The highest BCUT2D eigenvalue weighted by molar-refractivity contribution is 6.80. The van der Waals surface area contributed by atoms with Crippen molar-refractivity contribution in [2.75, 3.05) is 0 Å². The van der Waals surface area contributed by atoms with Crippen LogP contribution in [0, 0.1) is 5.82 Å². The van der Waals surface area contributed by atoms with Crippen LogP contribution in [0.3, 0.4) is 0 Å². The Balaban J connectivity index is 1.81. The molecule has 0 saturated heterocycles. The molecule has 0 aliphatic heterocycles. The van der Waals surface area contributed by atoms with Gasteiger partial charge in [0.2, 0.25) is 0 Å². The predicted molar refractivity (Wildman–Crippen MR) is 105 cm³/mol. The number of nitrogens with zero attached hydrogens (tertiary/aromatic N) is 1. The molecule has 0 fully saturated rings. The van der Waals surface area contributed by atoms with Crippen molar-refractivity contribution in [1.29, 1.82) is 0 Å². The maximum atomic E-state index is 13.4. The van der Waals surface area contributed by atoms with Gasteiger partial charge in [-0.2, -0.15) is 0 Å². The van der Waals surface area contributed by atoms with E-state index in [4.69, 9.17) is 16.3 Å². The average Bonchev–Trinajstić information content (AvgIpc) is 2.67. The third kappa shape index (κ3) is 3.42. The van der Waals surface area contributed by atoms with Crippen molar-refractivity contribution in [2.24, 2.45) is 0 Å². The molecule has 0 bridgehead atoms. The van der Waals surface area contributed by atoms with Crippen LogP contribution < -0.4 is 15.6 Å². The van der Waals surface area contributed by atoms with Crippen LogP contribution in [0.2, 0.25) is 5.02 Å². The van der Waals surface area contributed by atoms with Gasteiger partial charge in [-0.3, -0.25) is 4.98 Å². The Morgan fingerprint density at radius 3 is 2.42 bits per heavy atom. The van der Waals surface area contributed by atoms with Gasteiger partial charge in [0.1, 0.15) is 17.1 Å². The molecule has 0 aliphatic rings. The molecule has 0 saturated carbocycles. The lowest BCUT2D eigenvalue weighted by molar-refractivity contribution is 0.596. The lowest BCUT2D eigenvalue weighted by atomic mass is 9.55. The van der Waals surface area contributed by atoms with E-state index in [-0.39, 0.29) is 5.82 Å². The summed E-state index contributed by atoms with van der Waals surface area (Å²) in [7, 11) is 0. The molecule has 0 radical (unpaired) electrons. The molecule has 0 aliphatic carbocycles. The number of fused-ring (bicyclic) bond motifs is 1. The van der Waals surface area contributed by atoms with Crippen molar-refractivity contribution < 1.29 is 9.04 Å². The number of halogens is 2. The fourth-order valence-corrected chi connectivity index (χ4v) is 3.13. The molecule has 4 rings (SSSR count). The highest BCUT2D eigenvalue weighted by atomic mass is 35.5. The number of hydrogen-bond donors (Lipinski definition) is 0. The second kappa shape index (κ2) is 7.18. The summed E-state index contributed by atoms with van der Waals surface area (Å²) in [6.45, 7) is -0.429. The minimum absolute atomic E-state index is 0.287. The van der Waals surface area contributed by atoms with Crippen LogP contribution >= 0.6 is 11.6 Å². The Bertz CT molecular complexity index is 1050. The van der Waals surface area contributed by atoms with Gasteiger partial charge in [-0.1, -0.05) is 54.1 Å². The van der Waals surface area contributed by atoms with Gasteiger partial charge in [0.15, 0.2) is 0 Å². The SMILES string of the molecule is Fc1ccc(B(Oc2cccc3cccnc23)c2cccc(Cl)c2)cc1.